The lowest BCUT2D eigenvalue weighted by molar-refractivity contribution is 0.549. The van der Waals surface area contributed by atoms with Crippen molar-refractivity contribution in [1.29, 1.82) is 0 Å². The van der Waals surface area contributed by atoms with Crippen LogP contribution in [0, 0.1) is 6.92 Å². The molecule has 3 heteroatoms. The number of aromatic nitrogens is 3. The van der Waals surface area contributed by atoms with Crippen molar-refractivity contribution >= 4 is 0 Å². The molecule has 0 unspecified atom stereocenters. The van der Waals surface area contributed by atoms with Gasteiger partial charge >= 0.3 is 0 Å². The van der Waals surface area contributed by atoms with E-state index in [-0.39, 0.29) is 0 Å². The van der Waals surface area contributed by atoms with Crippen molar-refractivity contribution in [3.8, 4) is 0 Å². The van der Waals surface area contributed by atoms with Crippen molar-refractivity contribution in [2.24, 2.45) is 0 Å². The minimum atomic E-state index is 0.561. The van der Waals surface area contributed by atoms with E-state index in [9.17, 15) is 0 Å². The van der Waals surface area contributed by atoms with Gasteiger partial charge in [-0.15, -0.1) is 5.10 Å². The molecule has 0 amide bonds. The Labute approximate surface area is 85.0 Å². The number of aryl methyl sites for hydroxylation is 1. The lowest BCUT2D eigenvalue weighted by Gasteiger charge is -2.10. The third-order valence-corrected chi connectivity index (χ3v) is 2.91. The molecule has 1 saturated carbocycles. The van der Waals surface area contributed by atoms with Crippen LogP contribution < -0.4 is 0 Å². The van der Waals surface area contributed by atoms with E-state index >= 15 is 0 Å². The van der Waals surface area contributed by atoms with E-state index in [0.717, 1.165) is 11.5 Å². The molecule has 0 aliphatic heterocycles. The first kappa shape index (κ1) is 9.56. The SMILES string of the molecule is Cc1cnc(C2CCCCCC2)nn1. The van der Waals surface area contributed by atoms with E-state index in [1.54, 1.807) is 0 Å². The predicted octanol–water partition coefficient (Wildman–Crippen LogP) is 2.62. The maximum Gasteiger partial charge on any atom is 0.153 e. The van der Waals surface area contributed by atoms with Gasteiger partial charge in [0.1, 0.15) is 0 Å². The van der Waals surface area contributed by atoms with Crippen LogP contribution >= 0.6 is 0 Å². The Morgan fingerprint density at radius 1 is 1.07 bits per heavy atom. The molecule has 0 atom stereocenters. The fraction of sp³-hybridized carbons (Fsp3) is 0.727. The fourth-order valence-corrected chi connectivity index (χ4v) is 2.07. The molecule has 76 valence electrons. The van der Waals surface area contributed by atoms with Crippen LogP contribution in [0.4, 0.5) is 0 Å². The van der Waals surface area contributed by atoms with Crippen LogP contribution in [0.1, 0.15) is 56.0 Å². The summed E-state index contributed by atoms with van der Waals surface area (Å²) in [5, 5.41) is 8.25. The van der Waals surface area contributed by atoms with E-state index in [2.05, 4.69) is 15.2 Å². The van der Waals surface area contributed by atoms with Gasteiger partial charge in [0.25, 0.3) is 0 Å². The third kappa shape index (κ3) is 2.28. The van der Waals surface area contributed by atoms with Gasteiger partial charge in [-0.3, -0.25) is 0 Å². The van der Waals surface area contributed by atoms with Gasteiger partial charge in [0, 0.05) is 5.92 Å². The monoisotopic (exact) mass is 191 g/mol. The largest absolute Gasteiger partial charge is 0.237 e. The highest BCUT2D eigenvalue weighted by atomic mass is 15.2. The van der Waals surface area contributed by atoms with Crippen LogP contribution in [0.15, 0.2) is 6.20 Å². The summed E-state index contributed by atoms with van der Waals surface area (Å²) in [5.74, 6) is 1.52. The van der Waals surface area contributed by atoms with Gasteiger partial charge < -0.3 is 0 Å². The van der Waals surface area contributed by atoms with Gasteiger partial charge in [-0.05, 0) is 19.8 Å². The summed E-state index contributed by atoms with van der Waals surface area (Å²) in [4.78, 5) is 4.37. The molecule has 0 spiro atoms. The Morgan fingerprint density at radius 2 is 1.79 bits per heavy atom. The minimum absolute atomic E-state index is 0.561. The van der Waals surface area contributed by atoms with Gasteiger partial charge in [0.15, 0.2) is 5.82 Å². The normalized spacial score (nSPS) is 19.2. The highest BCUT2D eigenvalue weighted by Gasteiger charge is 2.16. The molecule has 1 heterocycles. The molecule has 2 rings (SSSR count). The molecule has 3 nitrogen and oxygen atoms in total. The molecule has 1 aliphatic rings. The maximum atomic E-state index is 4.37. The van der Waals surface area contributed by atoms with Crippen molar-refractivity contribution < 1.29 is 0 Å². The number of nitrogens with zero attached hydrogens (tertiary/aromatic N) is 3. The fourth-order valence-electron chi connectivity index (χ4n) is 2.07. The Bertz CT molecular complexity index is 273. The van der Waals surface area contributed by atoms with Gasteiger partial charge in [-0.2, -0.15) is 5.10 Å². The Morgan fingerprint density at radius 3 is 2.36 bits per heavy atom. The molecule has 0 N–H and O–H groups in total. The standard InChI is InChI=1S/C11H17N3/c1-9-8-12-11(14-13-9)10-6-4-2-3-5-7-10/h8,10H,2-7H2,1H3. The second-order valence-corrected chi connectivity index (χ2v) is 4.15. The summed E-state index contributed by atoms with van der Waals surface area (Å²) in [6, 6.07) is 0. The highest BCUT2D eigenvalue weighted by Crippen LogP contribution is 2.28. The van der Waals surface area contributed by atoms with Crippen LogP contribution in [0.3, 0.4) is 0 Å². The Balaban J connectivity index is 2.08. The van der Waals surface area contributed by atoms with Gasteiger partial charge in [-0.25, -0.2) is 4.98 Å². The molecule has 1 aliphatic carbocycles. The first-order chi connectivity index (χ1) is 6.86. The second-order valence-electron chi connectivity index (χ2n) is 4.15. The van der Waals surface area contributed by atoms with E-state index in [4.69, 9.17) is 0 Å². The minimum Gasteiger partial charge on any atom is -0.237 e. The Hall–Kier alpha value is -0.990. The zero-order chi connectivity index (χ0) is 9.80. The van der Waals surface area contributed by atoms with E-state index in [1.807, 2.05) is 13.1 Å². The molecule has 0 bridgehead atoms. The van der Waals surface area contributed by atoms with Gasteiger partial charge in [0.05, 0.1) is 11.9 Å². The quantitative estimate of drug-likeness (QED) is 0.640. The maximum absolute atomic E-state index is 4.37. The summed E-state index contributed by atoms with van der Waals surface area (Å²) in [6.07, 6.45) is 9.69. The lowest BCUT2D eigenvalue weighted by Crippen LogP contribution is -2.05. The average Bonchev–Trinajstić information content (AvgIpc) is 2.47. The Kier molecular flexibility index (Phi) is 3.07. The van der Waals surface area contributed by atoms with Crippen LogP contribution in [0.2, 0.25) is 0 Å². The van der Waals surface area contributed by atoms with Gasteiger partial charge in [-0.1, -0.05) is 25.7 Å². The first-order valence-corrected chi connectivity index (χ1v) is 5.52. The second kappa shape index (κ2) is 4.49. The summed E-state index contributed by atoms with van der Waals surface area (Å²) in [5.41, 5.74) is 0.905. The number of rotatable bonds is 1. The number of hydrogen-bond acceptors (Lipinski definition) is 3. The summed E-state index contributed by atoms with van der Waals surface area (Å²) in [7, 11) is 0. The molecule has 1 aromatic heterocycles. The zero-order valence-corrected chi connectivity index (χ0v) is 8.74. The summed E-state index contributed by atoms with van der Waals surface area (Å²) < 4.78 is 0. The third-order valence-electron chi connectivity index (χ3n) is 2.91. The molecule has 1 aromatic rings. The molecular formula is C11H17N3. The lowest BCUT2D eigenvalue weighted by atomic mass is 10.00. The van der Waals surface area contributed by atoms with E-state index in [0.29, 0.717) is 5.92 Å². The van der Waals surface area contributed by atoms with Crippen molar-refractivity contribution in [3.63, 3.8) is 0 Å². The van der Waals surface area contributed by atoms with Crippen LogP contribution in [-0.4, -0.2) is 15.2 Å². The molecular weight excluding hydrogens is 174 g/mol. The van der Waals surface area contributed by atoms with E-state index in [1.165, 1.54) is 38.5 Å². The first-order valence-electron chi connectivity index (χ1n) is 5.52. The predicted molar refractivity (Wildman–Crippen MR) is 55.0 cm³/mol. The van der Waals surface area contributed by atoms with Crippen molar-refractivity contribution in [2.75, 3.05) is 0 Å². The topological polar surface area (TPSA) is 38.7 Å². The van der Waals surface area contributed by atoms with Crippen LogP contribution in [0.25, 0.3) is 0 Å². The molecule has 0 saturated heterocycles. The molecule has 14 heavy (non-hydrogen) atoms. The van der Waals surface area contributed by atoms with Crippen LogP contribution in [-0.2, 0) is 0 Å². The van der Waals surface area contributed by atoms with Crippen molar-refractivity contribution in [3.05, 3.63) is 17.7 Å². The average molecular weight is 191 g/mol. The smallest absolute Gasteiger partial charge is 0.153 e. The zero-order valence-electron chi connectivity index (χ0n) is 8.74. The molecule has 0 radical (unpaired) electrons. The van der Waals surface area contributed by atoms with Crippen molar-refractivity contribution in [1.82, 2.24) is 15.2 Å². The van der Waals surface area contributed by atoms with E-state index < -0.39 is 0 Å². The van der Waals surface area contributed by atoms with Crippen molar-refractivity contribution in [2.45, 2.75) is 51.4 Å². The molecule has 1 fully saturated rings. The van der Waals surface area contributed by atoms with Gasteiger partial charge in [0.2, 0.25) is 0 Å². The number of hydrogen-bond donors (Lipinski definition) is 0. The highest BCUT2D eigenvalue weighted by molar-refractivity contribution is 4.97. The van der Waals surface area contributed by atoms with Crippen LogP contribution in [0.5, 0.6) is 0 Å². The summed E-state index contributed by atoms with van der Waals surface area (Å²) in [6.45, 7) is 1.93. The summed E-state index contributed by atoms with van der Waals surface area (Å²) >= 11 is 0. The molecule has 0 aromatic carbocycles.